The third kappa shape index (κ3) is 5.08. The van der Waals surface area contributed by atoms with Crippen molar-refractivity contribution in [2.45, 2.75) is 71.6 Å². The fourth-order valence-corrected chi connectivity index (χ4v) is 10.6. The number of hydrogen-bond donors (Lipinski definition) is 0. The van der Waals surface area contributed by atoms with E-state index in [1.54, 1.807) is 0 Å². The first kappa shape index (κ1) is 35.9. The van der Waals surface area contributed by atoms with Gasteiger partial charge in [-0.25, -0.2) is 0 Å². The Bertz CT molecular complexity index is 2990. The zero-order valence-corrected chi connectivity index (χ0v) is 35.4. The molecule has 0 atom stereocenters. The molecule has 288 valence electrons. The number of anilines is 5. The zero-order valence-electron chi connectivity index (χ0n) is 35.4. The second-order valence-corrected chi connectivity index (χ2v) is 19.4. The van der Waals surface area contributed by atoms with E-state index in [2.05, 4.69) is 227 Å². The summed E-state index contributed by atoms with van der Waals surface area (Å²) in [6, 6.07) is 59.3. The summed E-state index contributed by atoms with van der Waals surface area (Å²) in [5, 5.41) is 2.56. The first-order valence-corrected chi connectivity index (χ1v) is 21.2. The van der Waals surface area contributed by atoms with E-state index in [9.17, 15) is 0 Å². The maximum atomic E-state index is 2.74. The minimum atomic E-state index is -0.245. The lowest BCUT2D eigenvalue weighted by atomic mass is 9.40. The molecule has 0 saturated heterocycles. The molecule has 0 unspecified atom stereocenters. The van der Waals surface area contributed by atoms with Crippen LogP contribution < -0.4 is 15.3 Å². The molecule has 0 saturated carbocycles. The smallest absolute Gasteiger partial charge is 0.329 e. The standard InChI is InChI=1S/C55H50BN3/c1-53(2,3)35-29-31-39(32-30-35)58-47-34-36(54(4,5)6)33-43-40-24-17-25-42-48-45(57(37-19-11-9-12-20-37)38-21-13-10-14-22-38)27-18-28-46(48)59(50(40)42)56(49(43)47)52-51(58)41-23-15-16-26-44(41)55(52,7)8/h9-34H,1-8H3. The minimum Gasteiger partial charge on any atom is -0.375 e. The van der Waals surface area contributed by atoms with Gasteiger partial charge in [0.2, 0.25) is 0 Å². The molecular formula is C55H50BN3. The molecule has 3 nitrogen and oxygen atoms in total. The van der Waals surface area contributed by atoms with Crippen molar-refractivity contribution >= 4 is 68.3 Å². The van der Waals surface area contributed by atoms with Crippen molar-refractivity contribution in [1.82, 2.24) is 4.48 Å². The van der Waals surface area contributed by atoms with Crippen LogP contribution in [0.4, 0.5) is 28.4 Å². The maximum absolute atomic E-state index is 2.74. The number of aromatic nitrogens is 1. The van der Waals surface area contributed by atoms with E-state index in [0.29, 0.717) is 0 Å². The Hall–Kier alpha value is -6.26. The number of para-hydroxylation sites is 3. The Morgan fingerprint density at radius 2 is 1.17 bits per heavy atom. The summed E-state index contributed by atoms with van der Waals surface area (Å²) >= 11 is 0. The Morgan fingerprint density at radius 1 is 0.559 bits per heavy atom. The quantitative estimate of drug-likeness (QED) is 0.165. The molecule has 0 bridgehead atoms. The van der Waals surface area contributed by atoms with E-state index in [0.717, 1.165) is 11.4 Å². The van der Waals surface area contributed by atoms with Crippen LogP contribution in [0, 0.1) is 0 Å². The van der Waals surface area contributed by atoms with Crippen LogP contribution in [0.3, 0.4) is 0 Å². The number of nitrogens with zero attached hydrogens (tertiary/aromatic N) is 3. The van der Waals surface area contributed by atoms with Crippen molar-refractivity contribution in [1.29, 1.82) is 0 Å². The lowest BCUT2D eigenvalue weighted by Gasteiger charge is -2.43. The largest absolute Gasteiger partial charge is 0.375 e. The molecular weight excluding hydrogens is 713 g/mol. The lowest BCUT2D eigenvalue weighted by Crippen LogP contribution is -2.52. The Balaban J connectivity index is 1.29. The highest BCUT2D eigenvalue weighted by Gasteiger charge is 2.53. The van der Waals surface area contributed by atoms with Gasteiger partial charge in [0.15, 0.2) is 0 Å². The summed E-state index contributed by atoms with van der Waals surface area (Å²) in [5.74, 6) is 0. The van der Waals surface area contributed by atoms with Crippen molar-refractivity contribution in [3.05, 3.63) is 185 Å². The molecule has 8 aromatic rings. The van der Waals surface area contributed by atoms with E-state index in [1.807, 2.05) is 0 Å². The van der Waals surface area contributed by atoms with Gasteiger partial charge in [-0.1, -0.05) is 159 Å². The van der Waals surface area contributed by atoms with Crippen molar-refractivity contribution in [2.75, 3.05) is 9.80 Å². The van der Waals surface area contributed by atoms with E-state index in [1.165, 1.54) is 88.9 Å². The van der Waals surface area contributed by atoms with Gasteiger partial charge in [-0.2, -0.15) is 0 Å². The third-order valence-corrected chi connectivity index (χ3v) is 13.5. The molecule has 7 aromatic carbocycles. The summed E-state index contributed by atoms with van der Waals surface area (Å²) < 4.78 is 2.74. The molecule has 11 rings (SSSR count). The van der Waals surface area contributed by atoms with Crippen molar-refractivity contribution in [3.8, 4) is 11.1 Å². The van der Waals surface area contributed by atoms with Crippen LogP contribution in [0.15, 0.2) is 163 Å². The van der Waals surface area contributed by atoms with Gasteiger partial charge in [0.1, 0.15) is 0 Å². The molecule has 0 amide bonds. The summed E-state index contributed by atoms with van der Waals surface area (Å²) in [6.45, 7) is 18.9. The molecule has 3 aliphatic rings. The summed E-state index contributed by atoms with van der Waals surface area (Å²) in [4.78, 5) is 5.07. The predicted octanol–water partition coefficient (Wildman–Crippen LogP) is 14.0. The lowest BCUT2D eigenvalue weighted by molar-refractivity contribution is 0.590. The molecule has 0 radical (unpaired) electrons. The highest BCUT2D eigenvalue weighted by atomic mass is 15.2. The van der Waals surface area contributed by atoms with Gasteiger partial charge in [-0.15, -0.1) is 0 Å². The van der Waals surface area contributed by atoms with Crippen LogP contribution in [0.5, 0.6) is 0 Å². The summed E-state index contributed by atoms with van der Waals surface area (Å²) in [7, 11) is 0. The van der Waals surface area contributed by atoms with Gasteiger partial charge in [0.05, 0.1) is 5.69 Å². The SMILES string of the molecule is CC(C)(C)c1ccc(N2C3=C(B4c5c(cc(C(C)(C)C)cc52)-c2cccc5c6c(N(c7ccccc7)c7ccccc7)cccc6n4c25)C(C)(C)c2ccccc23)cc1. The third-order valence-electron chi connectivity index (χ3n) is 13.5. The van der Waals surface area contributed by atoms with E-state index in [-0.39, 0.29) is 23.1 Å². The molecule has 1 aromatic heterocycles. The zero-order chi connectivity index (χ0) is 40.6. The average molecular weight is 764 g/mol. The highest BCUT2D eigenvalue weighted by Crippen LogP contribution is 2.57. The van der Waals surface area contributed by atoms with Crippen LogP contribution >= 0.6 is 0 Å². The van der Waals surface area contributed by atoms with Crippen LogP contribution in [-0.4, -0.2) is 11.3 Å². The number of hydrogen-bond acceptors (Lipinski definition) is 2. The first-order chi connectivity index (χ1) is 28.3. The Kier molecular flexibility index (Phi) is 7.53. The van der Waals surface area contributed by atoms with Crippen molar-refractivity contribution in [2.24, 2.45) is 0 Å². The van der Waals surface area contributed by atoms with Crippen LogP contribution in [0.25, 0.3) is 38.6 Å². The number of fused-ring (bicyclic) bond motifs is 8. The van der Waals surface area contributed by atoms with Crippen LogP contribution in [-0.2, 0) is 16.2 Å². The summed E-state index contributed by atoms with van der Waals surface area (Å²) in [6.07, 6.45) is 0. The monoisotopic (exact) mass is 763 g/mol. The molecule has 59 heavy (non-hydrogen) atoms. The van der Waals surface area contributed by atoms with Gasteiger partial charge >= 0.3 is 6.85 Å². The second-order valence-electron chi connectivity index (χ2n) is 19.4. The molecule has 3 heterocycles. The van der Waals surface area contributed by atoms with Gasteiger partial charge in [-0.3, -0.25) is 0 Å². The fraction of sp³-hybridized carbons (Fsp3) is 0.200. The van der Waals surface area contributed by atoms with Gasteiger partial charge < -0.3 is 14.3 Å². The molecule has 0 spiro atoms. The van der Waals surface area contributed by atoms with Gasteiger partial charge in [0, 0.05) is 66.8 Å². The first-order valence-electron chi connectivity index (χ1n) is 21.2. The fourth-order valence-electron chi connectivity index (χ4n) is 10.6. The number of rotatable bonds is 4. The van der Waals surface area contributed by atoms with Crippen molar-refractivity contribution in [3.63, 3.8) is 0 Å². The van der Waals surface area contributed by atoms with Gasteiger partial charge in [-0.05, 0) is 98.6 Å². The molecule has 2 aliphatic heterocycles. The van der Waals surface area contributed by atoms with Crippen LogP contribution in [0.1, 0.15) is 77.6 Å². The maximum Gasteiger partial charge on any atom is 0.329 e. The minimum absolute atomic E-state index is 0.0245. The Labute approximate surface area is 349 Å². The van der Waals surface area contributed by atoms with Crippen molar-refractivity contribution < 1.29 is 0 Å². The molecule has 4 heteroatoms. The van der Waals surface area contributed by atoms with Crippen LogP contribution in [0.2, 0.25) is 0 Å². The van der Waals surface area contributed by atoms with E-state index < -0.39 is 0 Å². The number of benzene rings is 7. The second kappa shape index (κ2) is 12.4. The molecule has 0 fully saturated rings. The summed E-state index contributed by atoms with van der Waals surface area (Å²) in [5.41, 5.74) is 20.5. The van der Waals surface area contributed by atoms with E-state index in [4.69, 9.17) is 0 Å². The molecule has 1 aliphatic carbocycles. The molecule has 0 N–H and O–H groups in total. The average Bonchev–Trinajstić information content (AvgIpc) is 3.69. The predicted molar refractivity (Wildman–Crippen MR) is 253 cm³/mol. The number of allylic oxidation sites excluding steroid dienone is 1. The van der Waals surface area contributed by atoms with E-state index >= 15 is 0 Å². The van der Waals surface area contributed by atoms with Gasteiger partial charge in [0.25, 0.3) is 0 Å². The Morgan fingerprint density at radius 3 is 1.83 bits per heavy atom. The normalized spacial score (nSPS) is 15.1. The highest BCUT2D eigenvalue weighted by molar-refractivity contribution is 6.85. The topological polar surface area (TPSA) is 11.4 Å².